The molecule has 1 aliphatic heterocycles. The van der Waals surface area contributed by atoms with Gasteiger partial charge in [0.15, 0.2) is 6.61 Å². The summed E-state index contributed by atoms with van der Waals surface area (Å²) in [6.45, 7) is 1.98. The Balaban J connectivity index is 2.37. The number of hydrogen-bond donors (Lipinski definition) is 2. The van der Waals surface area contributed by atoms with Crippen molar-refractivity contribution in [1.29, 1.82) is 0 Å². The van der Waals surface area contributed by atoms with Crippen LogP contribution in [0.5, 0.6) is 5.75 Å². The second-order valence-electron chi connectivity index (χ2n) is 3.38. The Morgan fingerprint density at radius 2 is 2.36 bits per heavy atom. The number of carbonyl (C=O) groups excluding carboxylic acids is 1. The Kier molecular flexibility index (Phi) is 2.13. The normalized spacial score (nSPS) is 16.6. The highest BCUT2D eigenvalue weighted by molar-refractivity contribution is 5.95. The van der Waals surface area contributed by atoms with Gasteiger partial charge in [-0.15, -0.1) is 0 Å². The van der Waals surface area contributed by atoms with E-state index in [2.05, 4.69) is 5.32 Å². The second kappa shape index (κ2) is 3.31. The maximum atomic E-state index is 11.0. The third kappa shape index (κ3) is 1.56. The van der Waals surface area contributed by atoms with Crippen molar-refractivity contribution >= 4 is 11.6 Å². The minimum atomic E-state index is -0.126. The molecule has 0 radical (unpaired) electrons. The third-order valence-electron chi connectivity index (χ3n) is 2.16. The Hall–Kier alpha value is -1.55. The summed E-state index contributed by atoms with van der Waals surface area (Å²) in [5.74, 6) is 0.577. The molecule has 4 heteroatoms. The summed E-state index contributed by atoms with van der Waals surface area (Å²) in [7, 11) is 0. The molecular weight excluding hydrogens is 180 g/mol. The molecule has 0 bridgehead atoms. The first-order chi connectivity index (χ1) is 6.66. The van der Waals surface area contributed by atoms with Crippen LogP contribution in [0.25, 0.3) is 0 Å². The van der Waals surface area contributed by atoms with E-state index in [4.69, 9.17) is 10.5 Å². The van der Waals surface area contributed by atoms with Crippen molar-refractivity contribution < 1.29 is 9.53 Å². The number of anilines is 1. The van der Waals surface area contributed by atoms with Crippen LogP contribution in [-0.2, 0) is 4.79 Å². The van der Waals surface area contributed by atoms with E-state index in [-0.39, 0.29) is 18.6 Å². The molecule has 1 heterocycles. The Labute approximate surface area is 82.1 Å². The average molecular weight is 192 g/mol. The van der Waals surface area contributed by atoms with Gasteiger partial charge in [0.1, 0.15) is 5.75 Å². The number of hydrogen-bond acceptors (Lipinski definition) is 3. The molecular formula is C10H12N2O2. The monoisotopic (exact) mass is 192 g/mol. The van der Waals surface area contributed by atoms with Crippen LogP contribution in [0.2, 0.25) is 0 Å². The number of benzene rings is 1. The molecule has 1 atom stereocenters. The summed E-state index contributed by atoms with van der Waals surface area (Å²) in [6, 6.07) is 5.53. The first-order valence-electron chi connectivity index (χ1n) is 4.49. The molecule has 0 aliphatic carbocycles. The van der Waals surface area contributed by atoms with Crippen LogP contribution < -0.4 is 15.8 Å². The van der Waals surface area contributed by atoms with Gasteiger partial charge in [-0.25, -0.2) is 0 Å². The molecule has 0 saturated carbocycles. The number of carbonyl (C=O) groups is 1. The highest BCUT2D eigenvalue weighted by Gasteiger charge is 2.16. The number of nitrogens with two attached hydrogens (primary N) is 1. The van der Waals surface area contributed by atoms with Crippen LogP contribution >= 0.6 is 0 Å². The SMILES string of the molecule is C[C@@H](N)c1ccc2c(c1)NC(=O)CO2. The van der Waals surface area contributed by atoms with E-state index in [1.807, 2.05) is 25.1 Å². The molecule has 0 unspecified atom stereocenters. The molecule has 4 nitrogen and oxygen atoms in total. The Morgan fingerprint density at radius 1 is 1.57 bits per heavy atom. The highest BCUT2D eigenvalue weighted by Crippen LogP contribution is 2.29. The smallest absolute Gasteiger partial charge is 0.262 e. The lowest BCUT2D eigenvalue weighted by molar-refractivity contribution is -0.118. The van der Waals surface area contributed by atoms with Crippen LogP contribution in [0, 0.1) is 0 Å². The van der Waals surface area contributed by atoms with Crippen LogP contribution in [0.15, 0.2) is 18.2 Å². The first-order valence-corrected chi connectivity index (χ1v) is 4.49. The molecule has 74 valence electrons. The number of amides is 1. The lowest BCUT2D eigenvalue weighted by atomic mass is 10.1. The summed E-state index contributed by atoms with van der Waals surface area (Å²) < 4.78 is 5.22. The van der Waals surface area contributed by atoms with Crippen LogP contribution in [0.1, 0.15) is 18.5 Å². The molecule has 1 aromatic carbocycles. The van der Waals surface area contributed by atoms with E-state index in [0.717, 1.165) is 5.56 Å². The summed E-state index contributed by atoms with van der Waals surface area (Å²) in [5, 5.41) is 2.74. The molecule has 0 saturated heterocycles. The van der Waals surface area contributed by atoms with Crippen molar-refractivity contribution in [2.45, 2.75) is 13.0 Å². The largest absolute Gasteiger partial charge is 0.482 e. The maximum Gasteiger partial charge on any atom is 0.262 e. The van der Waals surface area contributed by atoms with E-state index in [9.17, 15) is 4.79 Å². The summed E-state index contributed by atoms with van der Waals surface area (Å²) >= 11 is 0. The van der Waals surface area contributed by atoms with Gasteiger partial charge in [0.05, 0.1) is 5.69 Å². The van der Waals surface area contributed by atoms with Crippen LogP contribution in [0.3, 0.4) is 0 Å². The predicted octanol–water partition coefficient (Wildman–Crippen LogP) is 1.04. The van der Waals surface area contributed by atoms with Crippen LogP contribution in [0.4, 0.5) is 5.69 Å². The third-order valence-corrected chi connectivity index (χ3v) is 2.16. The Morgan fingerprint density at radius 3 is 3.07 bits per heavy atom. The minimum Gasteiger partial charge on any atom is -0.482 e. The van der Waals surface area contributed by atoms with Gasteiger partial charge in [-0.3, -0.25) is 4.79 Å². The zero-order valence-corrected chi connectivity index (χ0v) is 7.91. The molecule has 1 amide bonds. The molecule has 2 rings (SSSR count). The molecule has 0 spiro atoms. The fourth-order valence-electron chi connectivity index (χ4n) is 1.38. The van der Waals surface area contributed by atoms with Gasteiger partial charge in [-0.1, -0.05) is 6.07 Å². The summed E-state index contributed by atoms with van der Waals surface area (Å²) in [4.78, 5) is 11.0. The topological polar surface area (TPSA) is 64.3 Å². The van der Waals surface area contributed by atoms with Gasteiger partial charge in [-0.2, -0.15) is 0 Å². The molecule has 0 fully saturated rings. The van der Waals surface area contributed by atoms with Gasteiger partial charge < -0.3 is 15.8 Å². The van der Waals surface area contributed by atoms with Crippen molar-refractivity contribution in [3.8, 4) is 5.75 Å². The lowest BCUT2D eigenvalue weighted by Gasteiger charge is -2.19. The standard InChI is InChI=1S/C10H12N2O2/c1-6(11)7-2-3-9-8(4-7)12-10(13)5-14-9/h2-4,6H,5,11H2,1H3,(H,12,13)/t6-/m1/s1. The predicted molar refractivity (Wildman–Crippen MR) is 53.2 cm³/mol. The van der Waals surface area contributed by atoms with Gasteiger partial charge in [0, 0.05) is 6.04 Å². The zero-order chi connectivity index (χ0) is 10.1. The molecule has 3 N–H and O–H groups in total. The Bertz CT molecular complexity index is 374. The van der Waals surface area contributed by atoms with Gasteiger partial charge in [-0.05, 0) is 24.6 Å². The van der Waals surface area contributed by atoms with E-state index in [1.54, 1.807) is 0 Å². The van der Waals surface area contributed by atoms with Gasteiger partial charge >= 0.3 is 0 Å². The molecule has 0 aromatic heterocycles. The van der Waals surface area contributed by atoms with Crippen molar-refractivity contribution in [3.63, 3.8) is 0 Å². The number of nitrogens with one attached hydrogen (secondary N) is 1. The van der Waals surface area contributed by atoms with E-state index in [0.29, 0.717) is 11.4 Å². The quantitative estimate of drug-likeness (QED) is 0.698. The van der Waals surface area contributed by atoms with E-state index in [1.165, 1.54) is 0 Å². The molecule has 1 aromatic rings. The zero-order valence-electron chi connectivity index (χ0n) is 7.91. The van der Waals surface area contributed by atoms with Crippen molar-refractivity contribution in [2.75, 3.05) is 11.9 Å². The first kappa shape index (κ1) is 9.02. The van der Waals surface area contributed by atoms with Crippen molar-refractivity contribution in [3.05, 3.63) is 23.8 Å². The number of fused-ring (bicyclic) bond motifs is 1. The summed E-state index contributed by atoms with van der Waals surface area (Å²) in [6.07, 6.45) is 0. The molecule has 14 heavy (non-hydrogen) atoms. The lowest BCUT2D eigenvalue weighted by Crippen LogP contribution is -2.25. The van der Waals surface area contributed by atoms with E-state index >= 15 is 0 Å². The fraction of sp³-hybridized carbons (Fsp3) is 0.300. The van der Waals surface area contributed by atoms with Crippen LogP contribution in [-0.4, -0.2) is 12.5 Å². The second-order valence-corrected chi connectivity index (χ2v) is 3.38. The molecule has 1 aliphatic rings. The van der Waals surface area contributed by atoms with Crippen molar-refractivity contribution in [2.24, 2.45) is 5.73 Å². The minimum absolute atomic E-state index is 0.0425. The number of rotatable bonds is 1. The summed E-state index contributed by atoms with van der Waals surface area (Å²) in [5.41, 5.74) is 7.41. The highest BCUT2D eigenvalue weighted by atomic mass is 16.5. The van der Waals surface area contributed by atoms with Gasteiger partial charge in [0.25, 0.3) is 5.91 Å². The fourth-order valence-corrected chi connectivity index (χ4v) is 1.38. The van der Waals surface area contributed by atoms with Gasteiger partial charge in [0.2, 0.25) is 0 Å². The average Bonchev–Trinajstić information content (AvgIpc) is 2.16. The van der Waals surface area contributed by atoms with Crippen molar-refractivity contribution in [1.82, 2.24) is 0 Å². The van der Waals surface area contributed by atoms with E-state index < -0.39 is 0 Å². The maximum absolute atomic E-state index is 11.0. The number of ether oxygens (including phenoxy) is 1.